The maximum atomic E-state index is 15.1. The van der Waals surface area contributed by atoms with Gasteiger partial charge in [0.25, 0.3) is 11.8 Å². The number of aromatic nitrogens is 2. The van der Waals surface area contributed by atoms with Gasteiger partial charge in [0.1, 0.15) is 28.5 Å². The number of carbonyl (C=O) groups is 2. The van der Waals surface area contributed by atoms with Crippen LogP contribution in [0.4, 0.5) is 20.4 Å². The van der Waals surface area contributed by atoms with Gasteiger partial charge in [0.2, 0.25) is 11.8 Å². The van der Waals surface area contributed by atoms with Crippen LogP contribution in [0.5, 0.6) is 17.4 Å². The Morgan fingerprint density at radius 2 is 2.00 bits per heavy atom. The number of nitrogens with one attached hydrogen (secondary N) is 2. The number of nitrogens with zero attached hydrogens (tertiary/aromatic N) is 4. The quantitative estimate of drug-likeness (QED) is 0.409. The highest BCUT2D eigenvalue weighted by Crippen LogP contribution is 2.40. The number of hydrogen-bond acceptors (Lipinski definition) is 8. The van der Waals surface area contributed by atoms with Crippen molar-refractivity contribution in [1.82, 2.24) is 25.1 Å². The molecule has 2 amide bonds. The Morgan fingerprint density at radius 1 is 1.22 bits per heavy atom. The number of hydrogen-bond donors (Lipinski definition) is 2. The van der Waals surface area contributed by atoms with Crippen LogP contribution in [-0.2, 0) is 0 Å². The van der Waals surface area contributed by atoms with Crippen LogP contribution in [0.3, 0.4) is 0 Å². The standard InChI is InChI=1S/C28H29ClF2N6O4/c1-14-15-6-5-7-22(24(15)27(39)37(14)3)41-26-17(29)12-32-28(35-26)34-21-11-18(30)16(10-23(21)40-4)25(38)33-20-8-9-36(2)13-19(20)31/h5-7,10-12,14,19-20H,8-9,13H2,1-4H3,(H,33,38)(H,32,34,35)/t14-,19+,20-/m0/s1. The van der Waals surface area contributed by atoms with E-state index in [-0.39, 0.29) is 58.1 Å². The van der Waals surface area contributed by atoms with Crippen molar-refractivity contribution in [1.29, 1.82) is 0 Å². The van der Waals surface area contributed by atoms with Crippen LogP contribution in [-0.4, -0.2) is 78.1 Å². The summed E-state index contributed by atoms with van der Waals surface area (Å²) < 4.78 is 40.8. The Labute approximate surface area is 240 Å². The average Bonchev–Trinajstić information content (AvgIpc) is 3.16. The largest absolute Gasteiger partial charge is 0.495 e. The van der Waals surface area contributed by atoms with Gasteiger partial charge in [0.05, 0.1) is 42.2 Å². The summed E-state index contributed by atoms with van der Waals surface area (Å²) in [5.41, 5.74) is 1.08. The fourth-order valence-electron chi connectivity index (χ4n) is 4.94. The predicted octanol–water partition coefficient (Wildman–Crippen LogP) is 4.73. The van der Waals surface area contributed by atoms with Crippen molar-refractivity contribution in [3.05, 3.63) is 64.1 Å². The summed E-state index contributed by atoms with van der Waals surface area (Å²) in [5, 5.41) is 5.53. The van der Waals surface area contributed by atoms with Crippen molar-refractivity contribution in [3.8, 4) is 17.4 Å². The normalized spacial score (nSPS) is 20.5. The van der Waals surface area contributed by atoms with E-state index in [4.69, 9.17) is 21.1 Å². The van der Waals surface area contributed by atoms with Crippen molar-refractivity contribution in [2.45, 2.75) is 31.6 Å². The topological polar surface area (TPSA) is 109 Å². The van der Waals surface area contributed by atoms with E-state index in [0.29, 0.717) is 18.5 Å². The lowest BCUT2D eigenvalue weighted by molar-refractivity contribution is 0.0781. The molecule has 41 heavy (non-hydrogen) atoms. The van der Waals surface area contributed by atoms with E-state index in [2.05, 4.69) is 20.6 Å². The Kier molecular flexibility index (Phi) is 7.96. The molecule has 2 aliphatic rings. The molecule has 1 aromatic heterocycles. The third-order valence-electron chi connectivity index (χ3n) is 7.38. The monoisotopic (exact) mass is 586 g/mol. The molecule has 10 nitrogen and oxygen atoms in total. The summed E-state index contributed by atoms with van der Waals surface area (Å²) >= 11 is 6.30. The summed E-state index contributed by atoms with van der Waals surface area (Å²) in [7, 11) is 4.87. The number of rotatable bonds is 7. The molecule has 1 saturated heterocycles. The summed E-state index contributed by atoms with van der Waals surface area (Å²) in [6.07, 6.45) is 0.447. The molecule has 2 aromatic carbocycles. The molecular formula is C28H29ClF2N6O4. The average molecular weight is 587 g/mol. The first-order chi connectivity index (χ1) is 19.6. The van der Waals surface area contributed by atoms with Crippen molar-refractivity contribution >= 4 is 35.1 Å². The van der Waals surface area contributed by atoms with Gasteiger partial charge in [-0.3, -0.25) is 9.59 Å². The van der Waals surface area contributed by atoms with Crippen LogP contribution in [0, 0.1) is 5.82 Å². The van der Waals surface area contributed by atoms with E-state index >= 15 is 4.39 Å². The second kappa shape index (κ2) is 11.5. The molecule has 1 fully saturated rings. The SMILES string of the molecule is COc1cc(C(=O)N[C@H]2CCN(C)C[C@H]2F)c(F)cc1Nc1ncc(Cl)c(Oc2cccc3c2C(=O)N(C)[C@H]3C)n1. The Morgan fingerprint density at radius 3 is 2.73 bits per heavy atom. The Bertz CT molecular complexity index is 1510. The van der Waals surface area contributed by atoms with E-state index in [9.17, 15) is 14.0 Å². The van der Waals surface area contributed by atoms with Crippen LogP contribution in [0.1, 0.15) is 45.7 Å². The molecule has 5 rings (SSSR count). The highest BCUT2D eigenvalue weighted by molar-refractivity contribution is 6.31. The number of fused-ring (bicyclic) bond motifs is 1. The van der Waals surface area contributed by atoms with Gasteiger partial charge in [-0.05, 0) is 38.1 Å². The van der Waals surface area contributed by atoms with Crippen molar-refractivity contribution in [2.24, 2.45) is 0 Å². The minimum atomic E-state index is -1.26. The lowest BCUT2D eigenvalue weighted by Gasteiger charge is -2.32. The Hall–Kier alpha value is -4.03. The van der Waals surface area contributed by atoms with Crippen molar-refractivity contribution in [3.63, 3.8) is 0 Å². The fourth-order valence-corrected chi connectivity index (χ4v) is 5.07. The second-order valence-corrected chi connectivity index (χ2v) is 10.5. The Balaban J connectivity index is 1.37. The molecule has 0 saturated carbocycles. The molecule has 2 N–H and O–H groups in total. The first-order valence-electron chi connectivity index (χ1n) is 13.0. The van der Waals surface area contributed by atoms with E-state index in [0.717, 1.165) is 11.6 Å². The van der Waals surface area contributed by atoms with Gasteiger partial charge in [-0.2, -0.15) is 4.98 Å². The number of methoxy groups -OCH3 is 1. The number of alkyl halides is 1. The first-order valence-corrected chi connectivity index (χ1v) is 13.3. The maximum absolute atomic E-state index is 15.1. The van der Waals surface area contributed by atoms with E-state index < -0.39 is 23.9 Å². The molecule has 0 spiro atoms. The molecule has 0 aliphatic carbocycles. The van der Waals surface area contributed by atoms with E-state index in [1.54, 1.807) is 31.1 Å². The lowest BCUT2D eigenvalue weighted by atomic mass is 10.0. The van der Waals surface area contributed by atoms with Crippen LogP contribution >= 0.6 is 11.6 Å². The van der Waals surface area contributed by atoms with Crippen LogP contribution in [0.25, 0.3) is 0 Å². The second-order valence-electron chi connectivity index (χ2n) is 10.1. The molecule has 2 aliphatic heterocycles. The number of piperidine rings is 1. The van der Waals surface area contributed by atoms with Crippen LogP contribution < -0.4 is 20.1 Å². The summed E-state index contributed by atoms with van der Waals surface area (Å²) in [4.78, 5) is 37.5. The molecule has 3 atom stereocenters. The van der Waals surface area contributed by atoms with Gasteiger partial charge >= 0.3 is 0 Å². The maximum Gasteiger partial charge on any atom is 0.258 e. The summed E-state index contributed by atoms with van der Waals surface area (Å²) in [5.74, 6) is -1.40. The van der Waals surface area contributed by atoms with Gasteiger partial charge < -0.3 is 29.9 Å². The van der Waals surface area contributed by atoms with E-state index in [1.165, 1.54) is 19.4 Å². The first kappa shape index (κ1) is 28.5. The predicted molar refractivity (Wildman–Crippen MR) is 149 cm³/mol. The summed E-state index contributed by atoms with van der Waals surface area (Å²) in [6, 6.07) is 6.73. The van der Waals surface area contributed by atoms with Crippen molar-refractivity contribution < 1.29 is 27.8 Å². The van der Waals surface area contributed by atoms with Crippen LogP contribution in [0.2, 0.25) is 5.02 Å². The van der Waals surface area contributed by atoms with Gasteiger partial charge in [0, 0.05) is 26.2 Å². The van der Waals surface area contributed by atoms with Gasteiger partial charge in [0.15, 0.2) is 0 Å². The molecule has 3 heterocycles. The minimum absolute atomic E-state index is 0.00436. The molecule has 216 valence electrons. The summed E-state index contributed by atoms with van der Waals surface area (Å²) in [6.45, 7) is 2.72. The highest BCUT2D eigenvalue weighted by Gasteiger charge is 2.34. The molecule has 0 unspecified atom stereocenters. The zero-order valence-corrected chi connectivity index (χ0v) is 23.6. The number of anilines is 2. The third kappa shape index (κ3) is 5.62. The lowest BCUT2D eigenvalue weighted by Crippen LogP contribution is -2.51. The third-order valence-corrected chi connectivity index (χ3v) is 7.64. The number of ether oxygens (including phenoxy) is 2. The van der Waals surface area contributed by atoms with Crippen molar-refractivity contribution in [2.75, 3.05) is 39.6 Å². The minimum Gasteiger partial charge on any atom is -0.495 e. The van der Waals surface area contributed by atoms with Gasteiger partial charge in [-0.25, -0.2) is 13.8 Å². The number of halogens is 3. The van der Waals surface area contributed by atoms with Crippen LogP contribution in [0.15, 0.2) is 36.5 Å². The molecule has 0 bridgehead atoms. The molecule has 13 heteroatoms. The number of benzene rings is 2. The van der Waals surface area contributed by atoms with Gasteiger partial charge in [-0.15, -0.1) is 0 Å². The number of carbonyl (C=O) groups excluding carboxylic acids is 2. The zero-order valence-electron chi connectivity index (χ0n) is 22.9. The molecule has 3 aromatic rings. The van der Waals surface area contributed by atoms with E-state index in [1.807, 2.05) is 17.9 Å². The smallest absolute Gasteiger partial charge is 0.258 e. The zero-order chi connectivity index (χ0) is 29.4. The molecular weight excluding hydrogens is 558 g/mol. The van der Waals surface area contributed by atoms with Gasteiger partial charge in [-0.1, -0.05) is 23.7 Å². The number of amides is 2. The molecule has 0 radical (unpaired) electrons. The number of likely N-dealkylation sites (tertiary alicyclic amines) is 1. The fraction of sp³-hybridized carbons (Fsp3) is 0.357. The highest BCUT2D eigenvalue weighted by atomic mass is 35.5.